The monoisotopic (exact) mass is 471 g/mol. The highest BCUT2D eigenvalue weighted by Crippen LogP contribution is 2.31. The van der Waals surface area contributed by atoms with Gasteiger partial charge in [-0.25, -0.2) is 4.79 Å². The highest BCUT2D eigenvalue weighted by Gasteiger charge is 2.35. The molecule has 0 rings (SSSR count). The number of hydrogen-bond acceptors (Lipinski definition) is 4. The van der Waals surface area contributed by atoms with Crippen LogP contribution in [0.4, 0.5) is 0 Å². The molecule has 0 aliphatic heterocycles. The van der Waals surface area contributed by atoms with Gasteiger partial charge in [0.25, 0.3) is 0 Å². The summed E-state index contributed by atoms with van der Waals surface area (Å²) in [5.74, 6) is -1.29. The Labute approximate surface area is 163 Å². The number of carbonyl (C=O) groups excluding carboxylic acids is 2. The number of aliphatic carboxylic acids is 1. The van der Waals surface area contributed by atoms with Crippen molar-refractivity contribution in [2.75, 3.05) is 6.26 Å². The first-order valence-corrected chi connectivity index (χ1v) is 10.4. The van der Waals surface area contributed by atoms with E-state index in [4.69, 9.17) is 0 Å². The van der Waals surface area contributed by atoms with E-state index in [1.54, 1.807) is 6.26 Å². The van der Waals surface area contributed by atoms with E-state index in [1.807, 2.05) is 13.8 Å². The van der Waals surface area contributed by atoms with E-state index in [0.717, 1.165) is 6.42 Å². The van der Waals surface area contributed by atoms with Gasteiger partial charge < -0.3 is 15.2 Å². The van der Waals surface area contributed by atoms with E-state index in [1.165, 1.54) is 18.7 Å². The Bertz CT molecular complexity index is 460. The average Bonchev–Trinajstić information content (AvgIpc) is 2.43. The highest BCUT2D eigenvalue weighted by molar-refractivity contribution is 14.1. The van der Waals surface area contributed by atoms with Crippen LogP contribution in [0.1, 0.15) is 60.3 Å². The van der Waals surface area contributed by atoms with E-state index < -0.39 is 17.4 Å². The normalized spacial score (nSPS) is 14.8. The van der Waals surface area contributed by atoms with Crippen LogP contribution in [-0.2, 0) is 14.4 Å². The summed E-state index contributed by atoms with van der Waals surface area (Å²) in [4.78, 5) is 35.4. The molecule has 0 fully saturated rings. The van der Waals surface area contributed by atoms with Crippen molar-refractivity contribution in [3.05, 3.63) is 0 Å². The highest BCUT2D eigenvalue weighted by atomic mass is 127. The van der Waals surface area contributed by atoms with Gasteiger partial charge in [0.1, 0.15) is 11.8 Å². The molecule has 5 nitrogen and oxygen atoms in total. The zero-order valence-corrected chi connectivity index (χ0v) is 18.4. The smallest absolute Gasteiger partial charge is 0.327 e. The first-order chi connectivity index (χ1) is 10.8. The lowest BCUT2D eigenvalue weighted by Crippen LogP contribution is -2.51. The molecule has 2 N–H and O–H groups in total. The van der Waals surface area contributed by atoms with Crippen LogP contribution in [0.25, 0.3) is 0 Å². The molecular formula is C17H30INO4S. The summed E-state index contributed by atoms with van der Waals surface area (Å²) in [6, 6.07) is -0.987. The van der Waals surface area contributed by atoms with Gasteiger partial charge in [-0.1, -0.05) is 50.3 Å². The van der Waals surface area contributed by atoms with E-state index >= 15 is 0 Å². The number of rotatable bonds is 11. The number of carboxylic acid groups (broad SMARTS) is 1. The number of alkyl halides is 1. The Morgan fingerprint density at radius 2 is 1.71 bits per heavy atom. The van der Waals surface area contributed by atoms with Crippen LogP contribution in [0.5, 0.6) is 0 Å². The minimum absolute atomic E-state index is 0.0223. The SMILES string of the molecule is CSC(CCC(C)=O)[C@H](NC(=O)C(C)(C)CCC(C)(C)I)C(=O)O. The van der Waals surface area contributed by atoms with Crippen LogP contribution in [0.3, 0.4) is 0 Å². The number of halogens is 1. The summed E-state index contributed by atoms with van der Waals surface area (Å²) < 4.78 is 0.0881. The van der Waals surface area contributed by atoms with Gasteiger partial charge in [0, 0.05) is 20.5 Å². The summed E-state index contributed by atoms with van der Waals surface area (Å²) in [6.07, 6.45) is 4.10. The molecule has 7 heteroatoms. The van der Waals surface area contributed by atoms with Crippen molar-refractivity contribution in [1.82, 2.24) is 5.32 Å². The Morgan fingerprint density at radius 3 is 2.08 bits per heavy atom. The zero-order chi connectivity index (χ0) is 19.1. The van der Waals surface area contributed by atoms with Crippen molar-refractivity contribution in [2.24, 2.45) is 5.41 Å². The van der Waals surface area contributed by atoms with E-state index in [0.29, 0.717) is 19.3 Å². The minimum Gasteiger partial charge on any atom is -0.480 e. The van der Waals surface area contributed by atoms with Crippen LogP contribution >= 0.6 is 34.4 Å². The van der Waals surface area contributed by atoms with Gasteiger partial charge in [0.05, 0.1) is 0 Å². The largest absolute Gasteiger partial charge is 0.480 e. The molecule has 2 atom stereocenters. The lowest BCUT2D eigenvalue weighted by atomic mass is 9.84. The quantitative estimate of drug-likeness (QED) is 0.355. The molecule has 140 valence electrons. The van der Waals surface area contributed by atoms with Crippen molar-refractivity contribution in [1.29, 1.82) is 0 Å². The second kappa shape index (κ2) is 9.99. The molecular weight excluding hydrogens is 441 g/mol. The van der Waals surface area contributed by atoms with Crippen molar-refractivity contribution in [2.45, 2.75) is 75.0 Å². The molecule has 0 heterocycles. The van der Waals surface area contributed by atoms with Crippen molar-refractivity contribution in [3.63, 3.8) is 0 Å². The van der Waals surface area contributed by atoms with Crippen molar-refractivity contribution >= 4 is 52.0 Å². The lowest BCUT2D eigenvalue weighted by molar-refractivity contribution is -0.143. The third kappa shape index (κ3) is 9.25. The summed E-state index contributed by atoms with van der Waals surface area (Å²) in [5, 5.41) is 11.9. The van der Waals surface area contributed by atoms with Gasteiger partial charge in [-0.05, 0) is 32.4 Å². The van der Waals surface area contributed by atoms with Crippen molar-refractivity contribution in [3.8, 4) is 0 Å². The van der Waals surface area contributed by atoms with Gasteiger partial charge in [0.2, 0.25) is 5.91 Å². The summed E-state index contributed by atoms with van der Waals surface area (Å²) in [7, 11) is 0. The summed E-state index contributed by atoms with van der Waals surface area (Å²) in [6.45, 7) is 9.38. The second-order valence-electron chi connectivity index (χ2n) is 7.41. The van der Waals surface area contributed by atoms with Crippen molar-refractivity contribution < 1.29 is 19.5 Å². The van der Waals surface area contributed by atoms with E-state index in [2.05, 4.69) is 41.8 Å². The molecule has 0 radical (unpaired) electrons. The van der Waals surface area contributed by atoms with Gasteiger partial charge in [-0.3, -0.25) is 4.79 Å². The molecule has 0 aromatic rings. The van der Waals surface area contributed by atoms with Crippen LogP contribution < -0.4 is 5.32 Å². The maximum Gasteiger partial charge on any atom is 0.327 e. The molecule has 0 spiro atoms. The first-order valence-electron chi connectivity index (χ1n) is 8.05. The number of thioether (sulfide) groups is 1. The fourth-order valence-electron chi connectivity index (χ4n) is 2.14. The number of carbonyl (C=O) groups is 3. The van der Waals surface area contributed by atoms with Gasteiger partial charge in [-0.2, -0.15) is 11.8 Å². The van der Waals surface area contributed by atoms with E-state index in [-0.39, 0.29) is 20.4 Å². The summed E-state index contributed by atoms with van der Waals surface area (Å²) >= 11 is 3.72. The van der Waals surface area contributed by atoms with Gasteiger partial charge in [-0.15, -0.1) is 0 Å². The Kier molecular flexibility index (Phi) is 9.86. The summed E-state index contributed by atoms with van der Waals surface area (Å²) in [5.41, 5.74) is -0.639. The molecule has 0 aliphatic rings. The maximum atomic E-state index is 12.6. The lowest BCUT2D eigenvalue weighted by Gasteiger charge is -2.30. The maximum absolute atomic E-state index is 12.6. The topological polar surface area (TPSA) is 83.5 Å². The molecule has 0 aromatic carbocycles. The number of carboxylic acids is 1. The van der Waals surface area contributed by atoms with Gasteiger partial charge >= 0.3 is 5.97 Å². The zero-order valence-electron chi connectivity index (χ0n) is 15.4. The number of Topliss-reactive ketones (excluding diaryl/α,β-unsaturated/α-hetero) is 1. The Morgan fingerprint density at radius 1 is 1.17 bits per heavy atom. The van der Waals surface area contributed by atoms with Crippen LogP contribution in [0.2, 0.25) is 0 Å². The fraction of sp³-hybridized carbons (Fsp3) is 0.824. The molecule has 0 aliphatic carbocycles. The third-order valence-electron chi connectivity index (χ3n) is 3.97. The Hall–Kier alpha value is -0.310. The Balaban J connectivity index is 4.99. The molecule has 0 saturated carbocycles. The molecule has 1 unspecified atom stereocenters. The first kappa shape index (κ1) is 23.7. The van der Waals surface area contributed by atoms with Crippen LogP contribution in [-0.4, -0.2) is 43.7 Å². The molecule has 0 bridgehead atoms. The molecule has 1 amide bonds. The fourth-order valence-corrected chi connectivity index (χ4v) is 3.22. The predicted octanol–water partition coefficient (Wildman–Crippen LogP) is 3.68. The minimum atomic E-state index is -1.06. The van der Waals surface area contributed by atoms with Crippen LogP contribution in [0.15, 0.2) is 0 Å². The number of hydrogen-bond donors (Lipinski definition) is 2. The second-order valence-corrected chi connectivity index (χ2v) is 11.4. The van der Waals surface area contributed by atoms with E-state index in [9.17, 15) is 19.5 Å². The molecule has 0 aromatic heterocycles. The number of amides is 1. The third-order valence-corrected chi connectivity index (χ3v) is 5.62. The molecule has 24 heavy (non-hydrogen) atoms. The van der Waals surface area contributed by atoms with Crippen LogP contribution in [0, 0.1) is 5.41 Å². The predicted molar refractivity (Wildman–Crippen MR) is 108 cm³/mol. The molecule has 0 saturated heterocycles. The standard InChI is InChI=1S/C17H30INO4S/c1-11(20)7-8-12(24-6)13(14(21)22)19-15(23)16(2,3)9-10-17(4,5)18/h12-13H,7-10H2,1-6H3,(H,19,23)(H,21,22)/t12?,13-/m0/s1. The number of nitrogens with one attached hydrogen (secondary N) is 1. The number of ketones is 1. The average molecular weight is 471 g/mol. The van der Waals surface area contributed by atoms with Gasteiger partial charge in [0.15, 0.2) is 0 Å².